The summed E-state index contributed by atoms with van der Waals surface area (Å²) in [6.45, 7) is 2.48. The van der Waals surface area contributed by atoms with Gasteiger partial charge in [-0.2, -0.15) is 5.10 Å². The van der Waals surface area contributed by atoms with Crippen molar-refractivity contribution in [3.05, 3.63) is 18.0 Å². The Morgan fingerprint density at radius 3 is 3.00 bits per heavy atom. The molecular weight excluding hydrogens is 222 g/mol. The maximum absolute atomic E-state index is 12.1. The summed E-state index contributed by atoms with van der Waals surface area (Å²) in [6.07, 6.45) is 3.34. The lowest BCUT2D eigenvalue weighted by Gasteiger charge is -2.38. The molecule has 2 aliphatic rings. The molecule has 0 aliphatic carbocycles. The topological polar surface area (TPSA) is 67.5 Å². The fraction of sp³-hybridized carbons (Fsp3) is 0.636. The van der Waals surface area contributed by atoms with Crippen molar-refractivity contribution in [3.63, 3.8) is 0 Å². The fourth-order valence-corrected chi connectivity index (χ4v) is 2.44. The molecule has 1 aromatic rings. The third-order valence-corrected chi connectivity index (χ3v) is 3.25. The van der Waals surface area contributed by atoms with Crippen LogP contribution in [0.1, 0.15) is 23.3 Å². The Hall–Kier alpha value is -1.40. The van der Waals surface area contributed by atoms with E-state index in [1.54, 1.807) is 17.2 Å². The minimum atomic E-state index is -0.562. The van der Waals surface area contributed by atoms with Gasteiger partial charge in [-0.25, -0.2) is 0 Å². The van der Waals surface area contributed by atoms with Gasteiger partial charge < -0.3 is 14.4 Å². The van der Waals surface area contributed by atoms with Crippen molar-refractivity contribution >= 4 is 5.91 Å². The van der Waals surface area contributed by atoms with Gasteiger partial charge in [-0.1, -0.05) is 0 Å². The average Bonchev–Trinajstić information content (AvgIpc) is 3.00. The van der Waals surface area contributed by atoms with Gasteiger partial charge in [0.15, 0.2) is 5.79 Å². The number of hydrogen-bond donors (Lipinski definition) is 1. The number of nitrogens with one attached hydrogen (secondary N) is 1. The molecule has 3 rings (SSSR count). The first-order valence-corrected chi connectivity index (χ1v) is 5.86. The highest BCUT2D eigenvalue weighted by Crippen LogP contribution is 2.30. The number of hydrogen-bond acceptors (Lipinski definition) is 4. The fourth-order valence-electron chi connectivity index (χ4n) is 2.44. The molecule has 2 saturated heterocycles. The van der Waals surface area contributed by atoms with Gasteiger partial charge in [0, 0.05) is 19.2 Å². The zero-order valence-electron chi connectivity index (χ0n) is 9.52. The molecule has 1 aromatic heterocycles. The summed E-state index contributed by atoms with van der Waals surface area (Å²) < 4.78 is 11.3. The Morgan fingerprint density at radius 2 is 2.29 bits per heavy atom. The predicted molar refractivity (Wildman–Crippen MR) is 58.4 cm³/mol. The molecule has 2 fully saturated rings. The molecule has 0 aromatic carbocycles. The molecule has 6 heteroatoms. The van der Waals surface area contributed by atoms with Gasteiger partial charge in [-0.3, -0.25) is 9.89 Å². The molecule has 1 spiro atoms. The van der Waals surface area contributed by atoms with E-state index in [1.807, 2.05) is 0 Å². The first-order chi connectivity index (χ1) is 8.29. The number of carbonyl (C=O) groups excluding carboxylic acids is 1. The lowest BCUT2D eigenvalue weighted by atomic mass is 10.0. The van der Waals surface area contributed by atoms with Gasteiger partial charge in [0.1, 0.15) is 5.69 Å². The summed E-state index contributed by atoms with van der Waals surface area (Å²) in [4.78, 5) is 13.9. The van der Waals surface area contributed by atoms with Crippen LogP contribution < -0.4 is 0 Å². The van der Waals surface area contributed by atoms with Crippen molar-refractivity contribution in [1.82, 2.24) is 15.1 Å². The monoisotopic (exact) mass is 237 g/mol. The van der Waals surface area contributed by atoms with Crippen LogP contribution in [0, 0.1) is 0 Å². The largest absolute Gasteiger partial charge is 0.346 e. The quantitative estimate of drug-likeness (QED) is 0.767. The molecule has 0 unspecified atom stereocenters. The van der Waals surface area contributed by atoms with Crippen molar-refractivity contribution in [2.45, 2.75) is 18.6 Å². The Balaban J connectivity index is 1.73. The number of H-pyrrole nitrogens is 1. The van der Waals surface area contributed by atoms with E-state index in [2.05, 4.69) is 10.2 Å². The van der Waals surface area contributed by atoms with Crippen LogP contribution in [0.5, 0.6) is 0 Å². The van der Waals surface area contributed by atoms with Gasteiger partial charge in [-0.15, -0.1) is 0 Å². The third kappa shape index (κ3) is 1.94. The summed E-state index contributed by atoms with van der Waals surface area (Å²) in [5.41, 5.74) is 0.514. The molecule has 1 N–H and O–H groups in total. The number of carbonyl (C=O) groups is 1. The Morgan fingerprint density at radius 1 is 1.47 bits per heavy atom. The van der Waals surface area contributed by atoms with E-state index in [0.717, 1.165) is 19.4 Å². The Labute approximate surface area is 98.9 Å². The standard InChI is InChI=1S/C11H15N3O3/c15-10(9-2-4-12-13-9)14-5-1-3-11(8-14)16-6-7-17-11/h2,4H,1,3,5-8H2,(H,12,13). The summed E-state index contributed by atoms with van der Waals surface area (Å²) in [7, 11) is 0. The van der Waals surface area contributed by atoms with Crippen LogP contribution in [-0.4, -0.2) is 53.1 Å². The van der Waals surface area contributed by atoms with Crippen LogP contribution in [0.2, 0.25) is 0 Å². The summed E-state index contributed by atoms with van der Waals surface area (Å²) in [5.74, 6) is -0.603. The first kappa shape index (κ1) is 10.7. The molecule has 0 bridgehead atoms. The van der Waals surface area contributed by atoms with E-state index in [4.69, 9.17) is 9.47 Å². The predicted octanol–water partition coefficient (Wildman–Crippen LogP) is 0.389. The molecule has 0 saturated carbocycles. The highest BCUT2D eigenvalue weighted by Gasteiger charge is 2.42. The first-order valence-electron chi connectivity index (χ1n) is 5.86. The zero-order valence-corrected chi connectivity index (χ0v) is 9.52. The third-order valence-electron chi connectivity index (χ3n) is 3.25. The minimum absolute atomic E-state index is 0.0410. The SMILES string of the molecule is O=C(c1ccn[nH]1)N1CCCC2(C1)OCCO2. The number of aromatic nitrogens is 2. The van der Waals surface area contributed by atoms with Crippen molar-refractivity contribution in [3.8, 4) is 0 Å². The van der Waals surface area contributed by atoms with Crippen LogP contribution in [0.25, 0.3) is 0 Å². The molecule has 17 heavy (non-hydrogen) atoms. The molecule has 0 radical (unpaired) electrons. The van der Waals surface area contributed by atoms with Gasteiger partial charge in [-0.05, 0) is 12.5 Å². The second kappa shape index (κ2) is 4.12. The van der Waals surface area contributed by atoms with E-state index in [9.17, 15) is 4.79 Å². The average molecular weight is 237 g/mol. The van der Waals surface area contributed by atoms with Gasteiger partial charge in [0.05, 0.1) is 19.8 Å². The minimum Gasteiger partial charge on any atom is -0.346 e. The van der Waals surface area contributed by atoms with Crippen molar-refractivity contribution in [1.29, 1.82) is 0 Å². The number of amides is 1. The van der Waals surface area contributed by atoms with E-state index < -0.39 is 5.79 Å². The normalized spacial score (nSPS) is 23.2. The summed E-state index contributed by atoms with van der Waals surface area (Å²) in [6, 6.07) is 1.68. The van der Waals surface area contributed by atoms with E-state index in [1.165, 1.54) is 0 Å². The Bertz CT molecular complexity index is 398. The second-order valence-corrected chi connectivity index (χ2v) is 4.41. The van der Waals surface area contributed by atoms with E-state index >= 15 is 0 Å². The van der Waals surface area contributed by atoms with Crippen LogP contribution in [-0.2, 0) is 9.47 Å². The number of ether oxygens (including phenoxy) is 2. The lowest BCUT2D eigenvalue weighted by molar-refractivity contribution is -0.183. The number of rotatable bonds is 1. The molecular formula is C11H15N3O3. The number of likely N-dealkylation sites (tertiary alicyclic amines) is 1. The molecule has 92 valence electrons. The number of nitrogens with zero attached hydrogens (tertiary/aromatic N) is 2. The van der Waals surface area contributed by atoms with Crippen molar-refractivity contribution in [2.24, 2.45) is 0 Å². The van der Waals surface area contributed by atoms with Crippen molar-refractivity contribution < 1.29 is 14.3 Å². The highest BCUT2D eigenvalue weighted by molar-refractivity contribution is 5.92. The van der Waals surface area contributed by atoms with Gasteiger partial charge in [0.2, 0.25) is 0 Å². The van der Waals surface area contributed by atoms with Crippen LogP contribution in [0.15, 0.2) is 12.3 Å². The number of aromatic amines is 1. The summed E-state index contributed by atoms with van der Waals surface area (Å²) in [5, 5.41) is 6.48. The summed E-state index contributed by atoms with van der Waals surface area (Å²) >= 11 is 0. The Kier molecular flexibility index (Phi) is 2.60. The van der Waals surface area contributed by atoms with E-state index in [-0.39, 0.29) is 5.91 Å². The molecule has 0 atom stereocenters. The number of piperidine rings is 1. The molecule has 1 amide bonds. The van der Waals surface area contributed by atoms with Crippen LogP contribution in [0.3, 0.4) is 0 Å². The van der Waals surface area contributed by atoms with Crippen LogP contribution >= 0.6 is 0 Å². The maximum atomic E-state index is 12.1. The smallest absolute Gasteiger partial charge is 0.272 e. The van der Waals surface area contributed by atoms with Gasteiger partial charge in [0.25, 0.3) is 5.91 Å². The highest BCUT2D eigenvalue weighted by atomic mass is 16.7. The second-order valence-electron chi connectivity index (χ2n) is 4.41. The molecule has 3 heterocycles. The van der Waals surface area contributed by atoms with Crippen LogP contribution in [0.4, 0.5) is 0 Å². The maximum Gasteiger partial charge on any atom is 0.272 e. The molecule has 2 aliphatic heterocycles. The zero-order chi connectivity index (χ0) is 11.7. The molecule has 6 nitrogen and oxygen atoms in total. The van der Waals surface area contributed by atoms with E-state index in [0.29, 0.717) is 25.5 Å². The van der Waals surface area contributed by atoms with Gasteiger partial charge >= 0.3 is 0 Å². The van der Waals surface area contributed by atoms with Crippen molar-refractivity contribution in [2.75, 3.05) is 26.3 Å². The lowest BCUT2D eigenvalue weighted by Crippen LogP contribution is -2.51.